The van der Waals surface area contributed by atoms with Crippen LogP contribution in [0.4, 0.5) is 0 Å². The highest BCUT2D eigenvalue weighted by atomic mass is 35.5. The number of ketones is 1. The van der Waals surface area contributed by atoms with Gasteiger partial charge in [0, 0.05) is 17.1 Å². The normalized spacial score (nSPS) is 11.1. The highest BCUT2D eigenvalue weighted by molar-refractivity contribution is 6.31. The first-order valence-electron chi connectivity index (χ1n) is 6.63. The zero-order valence-electron chi connectivity index (χ0n) is 11.9. The van der Waals surface area contributed by atoms with E-state index in [1.54, 1.807) is 16.8 Å². The van der Waals surface area contributed by atoms with Crippen molar-refractivity contribution in [2.24, 2.45) is 5.92 Å². The zero-order valence-corrected chi connectivity index (χ0v) is 12.7. The van der Waals surface area contributed by atoms with Crippen LogP contribution in [0.5, 0.6) is 0 Å². The molecule has 1 aromatic heterocycles. The molecule has 0 fully saturated rings. The van der Waals surface area contributed by atoms with Gasteiger partial charge in [0.2, 0.25) is 0 Å². The maximum atomic E-state index is 12.4. The van der Waals surface area contributed by atoms with Crippen molar-refractivity contribution < 1.29 is 4.79 Å². The highest BCUT2D eigenvalue weighted by Crippen LogP contribution is 2.17. The molecule has 20 heavy (non-hydrogen) atoms. The summed E-state index contributed by atoms with van der Waals surface area (Å²) in [7, 11) is 0. The number of halogens is 1. The Morgan fingerprint density at radius 2 is 2.15 bits per heavy atom. The van der Waals surface area contributed by atoms with Crippen LogP contribution >= 0.6 is 11.6 Å². The summed E-state index contributed by atoms with van der Waals surface area (Å²) < 4.78 is 1.79. The molecule has 0 spiro atoms. The largest absolute Gasteiger partial charge is 0.294 e. The Kier molecular flexibility index (Phi) is 4.55. The molecule has 5 heteroatoms. The van der Waals surface area contributed by atoms with Gasteiger partial charge >= 0.3 is 0 Å². The van der Waals surface area contributed by atoms with E-state index in [9.17, 15) is 4.79 Å². The van der Waals surface area contributed by atoms with Crippen LogP contribution in [0.15, 0.2) is 24.5 Å². The first-order chi connectivity index (χ1) is 9.47. The van der Waals surface area contributed by atoms with Gasteiger partial charge in [-0.2, -0.15) is 5.10 Å². The maximum absolute atomic E-state index is 12.4. The number of aryl methyl sites for hydroxylation is 1. The van der Waals surface area contributed by atoms with E-state index in [2.05, 4.69) is 23.9 Å². The standard InChI is InChI=1S/C15H18ClN3O/c1-10(2)8-19-15(17-9-18-19)7-14(20)13-6-12(16)5-4-11(13)3/h4-6,9-10H,7-8H2,1-3H3. The Labute approximate surface area is 123 Å². The molecule has 0 aliphatic carbocycles. The lowest BCUT2D eigenvalue weighted by Crippen LogP contribution is -2.14. The number of hydrogen-bond acceptors (Lipinski definition) is 3. The molecule has 0 radical (unpaired) electrons. The Balaban J connectivity index is 2.20. The van der Waals surface area contributed by atoms with Crippen LogP contribution in [-0.4, -0.2) is 20.5 Å². The lowest BCUT2D eigenvalue weighted by molar-refractivity contribution is 0.0988. The molecule has 2 rings (SSSR count). The molecule has 0 aliphatic rings. The molecular weight excluding hydrogens is 274 g/mol. The van der Waals surface area contributed by atoms with Gasteiger partial charge in [-0.1, -0.05) is 31.5 Å². The van der Waals surface area contributed by atoms with Gasteiger partial charge in [-0.3, -0.25) is 4.79 Å². The third-order valence-electron chi connectivity index (χ3n) is 3.05. The molecule has 0 bridgehead atoms. The molecule has 0 atom stereocenters. The lowest BCUT2D eigenvalue weighted by atomic mass is 10.0. The van der Waals surface area contributed by atoms with Crippen molar-refractivity contribution >= 4 is 17.4 Å². The lowest BCUT2D eigenvalue weighted by Gasteiger charge is -2.09. The molecule has 4 nitrogen and oxygen atoms in total. The number of rotatable bonds is 5. The van der Waals surface area contributed by atoms with E-state index in [1.807, 2.05) is 13.0 Å². The highest BCUT2D eigenvalue weighted by Gasteiger charge is 2.15. The third-order valence-corrected chi connectivity index (χ3v) is 3.29. The number of carbonyl (C=O) groups excluding carboxylic acids is 1. The van der Waals surface area contributed by atoms with E-state index in [0.717, 1.165) is 12.1 Å². The average Bonchev–Trinajstić information content (AvgIpc) is 2.78. The van der Waals surface area contributed by atoms with Crippen molar-refractivity contribution in [1.29, 1.82) is 0 Å². The predicted molar refractivity (Wildman–Crippen MR) is 79.1 cm³/mol. The number of benzene rings is 1. The number of nitrogens with zero attached hydrogens (tertiary/aromatic N) is 3. The second kappa shape index (κ2) is 6.18. The number of carbonyl (C=O) groups is 1. The van der Waals surface area contributed by atoms with Gasteiger partial charge in [0.15, 0.2) is 5.78 Å². The minimum absolute atomic E-state index is 0.0167. The maximum Gasteiger partial charge on any atom is 0.170 e. The van der Waals surface area contributed by atoms with Crippen molar-refractivity contribution in [2.45, 2.75) is 33.7 Å². The van der Waals surface area contributed by atoms with Crippen molar-refractivity contribution in [3.8, 4) is 0 Å². The summed E-state index contributed by atoms with van der Waals surface area (Å²) in [4.78, 5) is 16.6. The SMILES string of the molecule is Cc1ccc(Cl)cc1C(=O)Cc1ncnn1CC(C)C. The second-order valence-electron chi connectivity index (χ2n) is 5.31. The van der Waals surface area contributed by atoms with Crippen LogP contribution in [0.3, 0.4) is 0 Å². The van der Waals surface area contributed by atoms with Crippen LogP contribution in [0, 0.1) is 12.8 Å². The molecule has 0 saturated heterocycles. The molecule has 0 aliphatic heterocycles. The topological polar surface area (TPSA) is 47.8 Å². The van der Waals surface area contributed by atoms with E-state index in [1.165, 1.54) is 6.33 Å². The Hall–Kier alpha value is -1.68. The monoisotopic (exact) mass is 291 g/mol. The quantitative estimate of drug-likeness (QED) is 0.794. The van der Waals surface area contributed by atoms with Crippen molar-refractivity contribution in [3.63, 3.8) is 0 Å². The van der Waals surface area contributed by atoms with Crippen LogP contribution < -0.4 is 0 Å². The average molecular weight is 292 g/mol. The van der Waals surface area contributed by atoms with Gasteiger partial charge in [0.05, 0.1) is 6.42 Å². The van der Waals surface area contributed by atoms with E-state index in [-0.39, 0.29) is 12.2 Å². The zero-order chi connectivity index (χ0) is 14.7. The van der Waals surface area contributed by atoms with Gasteiger partial charge in [0.25, 0.3) is 0 Å². The molecule has 1 aromatic carbocycles. The summed E-state index contributed by atoms with van der Waals surface area (Å²) in [5, 5.41) is 4.74. The van der Waals surface area contributed by atoms with E-state index >= 15 is 0 Å². The smallest absolute Gasteiger partial charge is 0.170 e. The molecule has 0 amide bonds. The number of aromatic nitrogens is 3. The summed E-state index contributed by atoms with van der Waals surface area (Å²) >= 11 is 5.96. The first-order valence-corrected chi connectivity index (χ1v) is 7.01. The van der Waals surface area contributed by atoms with Crippen LogP contribution in [0.2, 0.25) is 5.02 Å². The molecule has 1 heterocycles. The Bertz CT molecular complexity index is 619. The van der Waals surface area contributed by atoms with Gasteiger partial charge in [0.1, 0.15) is 12.2 Å². The number of Topliss-reactive ketones (excluding diaryl/α,β-unsaturated/α-hetero) is 1. The molecular formula is C15H18ClN3O. The molecule has 0 unspecified atom stereocenters. The fourth-order valence-corrected chi connectivity index (χ4v) is 2.23. The van der Waals surface area contributed by atoms with E-state index in [4.69, 9.17) is 11.6 Å². The van der Waals surface area contributed by atoms with E-state index < -0.39 is 0 Å². The first kappa shape index (κ1) is 14.7. The van der Waals surface area contributed by atoms with Gasteiger partial charge in [-0.15, -0.1) is 0 Å². The molecule has 2 aromatic rings. The van der Waals surface area contributed by atoms with Gasteiger partial charge in [-0.25, -0.2) is 9.67 Å². The van der Waals surface area contributed by atoms with Crippen molar-refractivity contribution in [2.75, 3.05) is 0 Å². The van der Waals surface area contributed by atoms with Crippen molar-refractivity contribution in [1.82, 2.24) is 14.8 Å². The minimum atomic E-state index is 0.0167. The van der Waals surface area contributed by atoms with Crippen LogP contribution in [0.25, 0.3) is 0 Å². The fraction of sp³-hybridized carbons (Fsp3) is 0.400. The summed E-state index contributed by atoms with van der Waals surface area (Å²) in [5.41, 5.74) is 1.57. The van der Waals surface area contributed by atoms with Crippen LogP contribution in [0.1, 0.15) is 35.6 Å². The molecule has 0 saturated carbocycles. The van der Waals surface area contributed by atoms with E-state index in [0.29, 0.717) is 22.3 Å². The molecule has 106 valence electrons. The Morgan fingerprint density at radius 3 is 2.85 bits per heavy atom. The van der Waals surface area contributed by atoms with Gasteiger partial charge < -0.3 is 0 Å². The van der Waals surface area contributed by atoms with Crippen LogP contribution in [-0.2, 0) is 13.0 Å². The second-order valence-corrected chi connectivity index (χ2v) is 5.75. The fourth-order valence-electron chi connectivity index (χ4n) is 2.06. The third kappa shape index (κ3) is 3.45. The summed E-state index contributed by atoms with van der Waals surface area (Å²) in [6.45, 7) is 6.88. The van der Waals surface area contributed by atoms with Gasteiger partial charge in [-0.05, 0) is 30.5 Å². The number of hydrogen-bond donors (Lipinski definition) is 0. The summed E-state index contributed by atoms with van der Waals surface area (Å²) in [6.07, 6.45) is 1.74. The molecule has 0 N–H and O–H groups in total. The summed E-state index contributed by atoms with van der Waals surface area (Å²) in [6, 6.07) is 5.35. The Morgan fingerprint density at radius 1 is 1.40 bits per heavy atom. The minimum Gasteiger partial charge on any atom is -0.294 e. The van der Waals surface area contributed by atoms with Crippen molar-refractivity contribution in [3.05, 3.63) is 46.5 Å². The predicted octanol–water partition coefficient (Wildman–Crippen LogP) is 3.32. The summed E-state index contributed by atoms with van der Waals surface area (Å²) in [5.74, 6) is 1.17.